The Labute approximate surface area is 79.0 Å². The van der Waals surface area contributed by atoms with E-state index in [0.717, 1.165) is 26.1 Å². The van der Waals surface area contributed by atoms with Gasteiger partial charge < -0.3 is 20.3 Å². The van der Waals surface area contributed by atoms with Crippen LogP contribution in [-0.2, 0) is 9.47 Å². The van der Waals surface area contributed by atoms with Crippen molar-refractivity contribution in [2.24, 2.45) is 5.73 Å². The summed E-state index contributed by atoms with van der Waals surface area (Å²) in [6, 6.07) is 0. The van der Waals surface area contributed by atoms with E-state index >= 15 is 0 Å². The molecule has 1 aliphatic rings. The van der Waals surface area contributed by atoms with Crippen molar-refractivity contribution >= 4 is 0 Å². The van der Waals surface area contributed by atoms with E-state index in [-0.39, 0.29) is 0 Å². The molecule has 0 radical (unpaired) electrons. The standard InChI is InChI=1S/C9H19NO3/c10-7-8(11)1-6-13-9-2-4-12-5-3-9/h8-9,11H,1-7,10H2. The van der Waals surface area contributed by atoms with E-state index in [0.29, 0.717) is 25.7 Å². The Morgan fingerprint density at radius 2 is 2.15 bits per heavy atom. The van der Waals surface area contributed by atoms with Gasteiger partial charge in [-0.1, -0.05) is 0 Å². The number of aliphatic hydroxyl groups is 1. The molecule has 0 aromatic rings. The third kappa shape index (κ3) is 4.57. The van der Waals surface area contributed by atoms with Crippen LogP contribution in [0.25, 0.3) is 0 Å². The Kier molecular flexibility index (Phi) is 5.31. The van der Waals surface area contributed by atoms with E-state index in [1.807, 2.05) is 0 Å². The van der Waals surface area contributed by atoms with Crippen LogP contribution in [0.3, 0.4) is 0 Å². The summed E-state index contributed by atoms with van der Waals surface area (Å²) in [6.45, 7) is 2.51. The highest BCUT2D eigenvalue weighted by Gasteiger charge is 2.14. The molecule has 1 aliphatic heterocycles. The first kappa shape index (κ1) is 10.9. The predicted octanol–water partition coefficient (Wildman–Crippen LogP) is -0.108. The fraction of sp³-hybridized carbons (Fsp3) is 1.00. The van der Waals surface area contributed by atoms with E-state index in [9.17, 15) is 0 Å². The van der Waals surface area contributed by atoms with E-state index in [1.54, 1.807) is 0 Å². The van der Waals surface area contributed by atoms with Crippen molar-refractivity contribution in [2.45, 2.75) is 31.5 Å². The monoisotopic (exact) mass is 189 g/mol. The summed E-state index contributed by atoms with van der Waals surface area (Å²) >= 11 is 0. The van der Waals surface area contributed by atoms with Gasteiger partial charge in [0.1, 0.15) is 0 Å². The maximum atomic E-state index is 9.16. The molecule has 1 unspecified atom stereocenters. The van der Waals surface area contributed by atoms with Crippen LogP contribution < -0.4 is 5.73 Å². The molecule has 0 aromatic carbocycles. The molecule has 0 amide bonds. The third-order valence-electron chi connectivity index (χ3n) is 2.25. The number of aliphatic hydroxyl groups excluding tert-OH is 1. The van der Waals surface area contributed by atoms with Gasteiger partial charge in [-0.05, 0) is 19.3 Å². The van der Waals surface area contributed by atoms with Gasteiger partial charge in [0, 0.05) is 26.4 Å². The Bertz CT molecular complexity index is 126. The zero-order valence-corrected chi connectivity index (χ0v) is 7.95. The molecule has 1 fully saturated rings. The molecule has 78 valence electrons. The average molecular weight is 189 g/mol. The molecule has 4 nitrogen and oxygen atoms in total. The molecule has 4 heteroatoms. The highest BCUT2D eigenvalue weighted by molar-refractivity contribution is 4.63. The minimum atomic E-state index is -0.417. The Morgan fingerprint density at radius 3 is 2.77 bits per heavy atom. The minimum Gasteiger partial charge on any atom is -0.392 e. The van der Waals surface area contributed by atoms with Crippen molar-refractivity contribution in [1.82, 2.24) is 0 Å². The molecule has 3 N–H and O–H groups in total. The van der Waals surface area contributed by atoms with Crippen LogP contribution in [0.1, 0.15) is 19.3 Å². The molecule has 0 aromatic heterocycles. The summed E-state index contributed by atoms with van der Waals surface area (Å²) in [5.41, 5.74) is 5.27. The van der Waals surface area contributed by atoms with Crippen LogP contribution >= 0.6 is 0 Å². The van der Waals surface area contributed by atoms with Crippen LogP contribution in [0.15, 0.2) is 0 Å². The maximum absolute atomic E-state index is 9.16. The average Bonchev–Trinajstić information content (AvgIpc) is 2.19. The van der Waals surface area contributed by atoms with E-state index in [4.69, 9.17) is 20.3 Å². The van der Waals surface area contributed by atoms with Gasteiger partial charge in [-0.2, -0.15) is 0 Å². The lowest BCUT2D eigenvalue weighted by Crippen LogP contribution is -2.26. The summed E-state index contributed by atoms with van der Waals surface area (Å²) in [5, 5.41) is 9.16. The smallest absolute Gasteiger partial charge is 0.0684 e. The fourth-order valence-corrected chi connectivity index (χ4v) is 1.33. The van der Waals surface area contributed by atoms with E-state index in [2.05, 4.69) is 0 Å². The minimum absolute atomic E-state index is 0.317. The molecule has 0 bridgehead atoms. The van der Waals surface area contributed by atoms with Crippen LogP contribution in [0.2, 0.25) is 0 Å². The molecule has 1 saturated heterocycles. The zero-order valence-electron chi connectivity index (χ0n) is 7.95. The second kappa shape index (κ2) is 6.32. The van der Waals surface area contributed by atoms with Gasteiger partial charge in [0.25, 0.3) is 0 Å². The molecule has 1 heterocycles. The van der Waals surface area contributed by atoms with Gasteiger partial charge in [-0.15, -0.1) is 0 Å². The number of rotatable bonds is 5. The summed E-state index contributed by atoms with van der Waals surface area (Å²) in [7, 11) is 0. The van der Waals surface area contributed by atoms with Crippen molar-refractivity contribution < 1.29 is 14.6 Å². The third-order valence-corrected chi connectivity index (χ3v) is 2.25. The summed E-state index contributed by atoms with van der Waals surface area (Å²) in [5.74, 6) is 0. The lowest BCUT2D eigenvalue weighted by atomic mass is 10.1. The molecule has 1 rings (SSSR count). The van der Waals surface area contributed by atoms with Crippen molar-refractivity contribution in [2.75, 3.05) is 26.4 Å². The Morgan fingerprint density at radius 1 is 1.46 bits per heavy atom. The largest absolute Gasteiger partial charge is 0.392 e. The molecule has 0 aliphatic carbocycles. The zero-order chi connectivity index (χ0) is 9.52. The van der Waals surface area contributed by atoms with Crippen LogP contribution in [-0.4, -0.2) is 43.7 Å². The molecular weight excluding hydrogens is 170 g/mol. The van der Waals surface area contributed by atoms with Gasteiger partial charge in [0.05, 0.1) is 12.2 Å². The molecule has 13 heavy (non-hydrogen) atoms. The normalized spacial score (nSPS) is 21.7. The SMILES string of the molecule is NCC(O)CCOC1CCOCC1. The number of nitrogens with two attached hydrogens (primary N) is 1. The fourth-order valence-electron chi connectivity index (χ4n) is 1.33. The first-order chi connectivity index (χ1) is 6.33. The van der Waals surface area contributed by atoms with Crippen LogP contribution in [0.4, 0.5) is 0 Å². The Balaban J connectivity index is 1.98. The molecule has 1 atom stereocenters. The number of hydrogen-bond donors (Lipinski definition) is 2. The van der Waals surface area contributed by atoms with Gasteiger partial charge in [-0.25, -0.2) is 0 Å². The van der Waals surface area contributed by atoms with Gasteiger partial charge in [0.2, 0.25) is 0 Å². The maximum Gasteiger partial charge on any atom is 0.0684 e. The highest BCUT2D eigenvalue weighted by Crippen LogP contribution is 2.10. The quantitative estimate of drug-likeness (QED) is 0.633. The van der Waals surface area contributed by atoms with Crippen molar-refractivity contribution in [3.63, 3.8) is 0 Å². The molecular formula is C9H19NO3. The predicted molar refractivity (Wildman–Crippen MR) is 49.5 cm³/mol. The summed E-state index contributed by atoms with van der Waals surface area (Å²) in [4.78, 5) is 0. The second-order valence-corrected chi connectivity index (χ2v) is 3.36. The first-order valence-electron chi connectivity index (χ1n) is 4.90. The number of ether oxygens (including phenoxy) is 2. The molecule has 0 spiro atoms. The highest BCUT2D eigenvalue weighted by atomic mass is 16.5. The molecule has 0 saturated carbocycles. The van der Waals surface area contributed by atoms with Crippen molar-refractivity contribution in [3.05, 3.63) is 0 Å². The lowest BCUT2D eigenvalue weighted by Gasteiger charge is -2.22. The van der Waals surface area contributed by atoms with E-state index in [1.165, 1.54) is 0 Å². The topological polar surface area (TPSA) is 64.7 Å². The van der Waals surface area contributed by atoms with E-state index < -0.39 is 6.10 Å². The van der Waals surface area contributed by atoms with Gasteiger partial charge >= 0.3 is 0 Å². The lowest BCUT2D eigenvalue weighted by molar-refractivity contribution is -0.0390. The van der Waals surface area contributed by atoms with Crippen molar-refractivity contribution in [1.29, 1.82) is 0 Å². The summed E-state index contributed by atoms with van der Waals surface area (Å²) < 4.78 is 10.8. The van der Waals surface area contributed by atoms with Crippen molar-refractivity contribution in [3.8, 4) is 0 Å². The first-order valence-corrected chi connectivity index (χ1v) is 4.90. The van der Waals surface area contributed by atoms with Gasteiger partial charge in [0.15, 0.2) is 0 Å². The summed E-state index contributed by atoms with van der Waals surface area (Å²) in [6.07, 6.45) is 2.48. The van der Waals surface area contributed by atoms with Gasteiger partial charge in [-0.3, -0.25) is 0 Å². The second-order valence-electron chi connectivity index (χ2n) is 3.36. The number of hydrogen-bond acceptors (Lipinski definition) is 4. The Hall–Kier alpha value is -0.160. The van der Waals surface area contributed by atoms with Crippen LogP contribution in [0.5, 0.6) is 0 Å². The van der Waals surface area contributed by atoms with Crippen LogP contribution in [0, 0.1) is 0 Å².